The third-order valence-electron chi connectivity index (χ3n) is 4.45. The fourth-order valence-electron chi connectivity index (χ4n) is 3.13. The van der Waals surface area contributed by atoms with E-state index in [1.54, 1.807) is 4.68 Å². The SMILES string of the molecule is Cc1cccc(C)c1-n1nnnc1S[C@@H](C)C(=O)NC1CCCC1. The van der Waals surface area contributed by atoms with Gasteiger partial charge in [-0.05, 0) is 55.2 Å². The number of aryl methyl sites for hydroxylation is 2. The maximum Gasteiger partial charge on any atom is 0.233 e. The molecule has 1 N–H and O–H groups in total. The number of amides is 1. The maximum atomic E-state index is 12.4. The van der Waals surface area contributed by atoms with Crippen LogP contribution in [-0.2, 0) is 4.79 Å². The lowest BCUT2D eigenvalue weighted by molar-refractivity contribution is -0.120. The number of benzene rings is 1. The lowest BCUT2D eigenvalue weighted by Gasteiger charge is -2.16. The Balaban J connectivity index is 1.74. The Morgan fingerprint density at radius 2 is 1.96 bits per heavy atom. The van der Waals surface area contributed by atoms with Gasteiger partial charge in [0, 0.05) is 6.04 Å². The predicted molar refractivity (Wildman–Crippen MR) is 94.3 cm³/mol. The second-order valence-corrected chi connectivity index (χ2v) is 7.67. The molecule has 128 valence electrons. The van der Waals surface area contributed by atoms with E-state index in [0.717, 1.165) is 29.7 Å². The molecule has 0 aliphatic heterocycles. The van der Waals surface area contributed by atoms with Crippen LogP contribution < -0.4 is 5.32 Å². The van der Waals surface area contributed by atoms with Gasteiger partial charge in [0.05, 0.1) is 10.9 Å². The molecule has 1 atom stereocenters. The molecule has 1 aromatic heterocycles. The Hall–Kier alpha value is -1.89. The largest absolute Gasteiger partial charge is 0.352 e. The molecule has 2 aromatic rings. The van der Waals surface area contributed by atoms with E-state index < -0.39 is 0 Å². The molecule has 0 saturated heterocycles. The van der Waals surface area contributed by atoms with Crippen LogP contribution >= 0.6 is 11.8 Å². The van der Waals surface area contributed by atoms with Crippen molar-refractivity contribution >= 4 is 17.7 Å². The molecule has 1 aromatic carbocycles. The third kappa shape index (κ3) is 3.61. The van der Waals surface area contributed by atoms with Gasteiger partial charge in [-0.15, -0.1) is 5.10 Å². The van der Waals surface area contributed by atoms with Crippen molar-refractivity contribution in [3.63, 3.8) is 0 Å². The molecular formula is C17H23N5OS. The predicted octanol–water partition coefficient (Wildman–Crippen LogP) is 2.82. The summed E-state index contributed by atoms with van der Waals surface area (Å²) >= 11 is 1.40. The maximum absolute atomic E-state index is 12.4. The number of carbonyl (C=O) groups excluding carboxylic acids is 1. The normalized spacial score (nSPS) is 16.3. The molecule has 0 radical (unpaired) electrons. The summed E-state index contributed by atoms with van der Waals surface area (Å²) in [5.41, 5.74) is 3.19. The first-order valence-electron chi connectivity index (χ1n) is 8.38. The van der Waals surface area contributed by atoms with Crippen LogP contribution in [0.15, 0.2) is 23.4 Å². The van der Waals surface area contributed by atoms with Gasteiger partial charge in [0.25, 0.3) is 0 Å². The smallest absolute Gasteiger partial charge is 0.233 e. The molecule has 3 rings (SSSR count). The Kier molecular flexibility index (Phi) is 5.18. The van der Waals surface area contributed by atoms with E-state index in [9.17, 15) is 4.79 Å². The standard InChI is InChI=1S/C17H23N5OS/c1-11-7-6-8-12(2)15(11)22-17(19-20-21-22)24-13(3)16(23)18-14-9-4-5-10-14/h6-8,13-14H,4-5,9-10H2,1-3H3,(H,18,23)/t13-/m0/s1. The Labute approximate surface area is 146 Å². The van der Waals surface area contributed by atoms with Gasteiger partial charge in [0.15, 0.2) is 0 Å². The molecule has 1 aliphatic carbocycles. The van der Waals surface area contributed by atoms with Gasteiger partial charge in [0.2, 0.25) is 11.1 Å². The molecule has 0 unspecified atom stereocenters. The molecule has 1 aliphatic rings. The highest BCUT2D eigenvalue weighted by Crippen LogP contribution is 2.26. The summed E-state index contributed by atoms with van der Waals surface area (Å²) in [7, 11) is 0. The first kappa shape index (κ1) is 17.0. The number of hydrogen-bond acceptors (Lipinski definition) is 5. The first-order valence-corrected chi connectivity index (χ1v) is 9.26. The van der Waals surface area contributed by atoms with Crippen molar-refractivity contribution in [3.05, 3.63) is 29.3 Å². The van der Waals surface area contributed by atoms with E-state index in [0.29, 0.717) is 11.2 Å². The van der Waals surface area contributed by atoms with Crippen molar-refractivity contribution in [2.75, 3.05) is 0 Å². The number of thioether (sulfide) groups is 1. The van der Waals surface area contributed by atoms with Gasteiger partial charge < -0.3 is 5.32 Å². The van der Waals surface area contributed by atoms with E-state index in [1.807, 2.05) is 39.0 Å². The van der Waals surface area contributed by atoms with Crippen LogP contribution in [0.4, 0.5) is 0 Å². The summed E-state index contributed by atoms with van der Waals surface area (Å²) in [5.74, 6) is 0.0583. The lowest BCUT2D eigenvalue weighted by atomic mass is 10.1. The van der Waals surface area contributed by atoms with E-state index in [1.165, 1.54) is 24.6 Å². The van der Waals surface area contributed by atoms with E-state index in [2.05, 4.69) is 20.8 Å². The fraction of sp³-hybridized carbons (Fsp3) is 0.529. The molecule has 1 heterocycles. The molecule has 6 nitrogen and oxygen atoms in total. The molecule has 0 bridgehead atoms. The quantitative estimate of drug-likeness (QED) is 0.844. The van der Waals surface area contributed by atoms with Crippen LogP contribution in [-0.4, -0.2) is 37.4 Å². The molecule has 24 heavy (non-hydrogen) atoms. The monoisotopic (exact) mass is 345 g/mol. The number of hydrogen-bond donors (Lipinski definition) is 1. The van der Waals surface area contributed by atoms with Crippen LogP contribution in [0.5, 0.6) is 0 Å². The summed E-state index contributed by atoms with van der Waals surface area (Å²) in [6, 6.07) is 6.42. The zero-order valence-electron chi connectivity index (χ0n) is 14.3. The molecule has 7 heteroatoms. The minimum Gasteiger partial charge on any atom is -0.352 e. The van der Waals surface area contributed by atoms with E-state index in [4.69, 9.17) is 0 Å². The van der Waals surface area contributed by atoms with Gasteiger partial charge in [-0.25, -0.2) is 0 Å². The second-order valence-electron chi connectivity index (χ2n) is 6.36. The van der Waals surface area contributed by atoms with Gasteiger partial charge in [-0.3, -0.25) is 4.79 Å². The highest BCUT2D eigenvalue weighted by Gasteiger charge is 2.24. The summed E-state index contributed by atoms with van der Waals surface area (Å²) in [5, 5.41) is 15.6. The highest BCUT2D eigenvalue weighted by molar-refractivity contribution is 8.00. The zero-order chi connectivity index (χ0) is 17.1. The first-order chi connectivity index (χ1) is 11.6. The van der Waals surface area contributed by atoms with Crippen molar-refractivity contribution < 1.29 is 4.79 Å². The molecule has 1 saturated carbocycles. The number of rotatable bonds is 5. The fourth-order valence-corrected chi connectivity index (χ4v) is 3.94. The van der Waals surface area contributed by atoms with Crippen molar-refractivity contribution in [2.24, 2.45) is 0 Å². The molecular weight excluding hydrogens is 322 g/mol. The minimum absolute atomic E-state index is 0.0583. The van der Waals surface area contributed by atoms with Gasteiger partial charge in [0.1, 0.15) is 0 Å². The zero-order valence-corrected chi connectivity index (χ0v) is 15.1. The highest BCUT2D eigenvalue weighted by atomic mass is 32.2. The van der Waals surface area contributed by atoms with Crippen LogP contribution in [0.2, 0.25) is 0 Å². The average Bonchev–Trinajstić information content (AvgIpc) is 3.19. The summed E-state index contributed by atoms with van der Waals surface area (Å²) in [6.45, 7) is 5.97. The molecule has 1 amide bonds. The van der Waals surface area contributed by atoms with Crippen LogP contribution in [0, 0.1) is 13.8 Å². The Bertz CT molecular complexity index is 703. The Morgan fingerprint density at radius 3 is 2.62 bits per heavy atom. The summed E-state index contributed by atoms with van der Waals surface area (Å²) < 4.78 is 1.73. The molecule has 0 spiro atoms. The van der Waals surface area contributed by atoms with Crippen molar-refractivity contribution in [1.82, 2.24) is 25.5 Å². The van der Waals surface area contributed by atoms with Crippen molar-refractivity contribution in [1.29, 1.82) is 0 Å². The van der Waals surface area contributed by atoms with Crippen molar-refractivity contribution in [2.45, 2.75) is 62.9 Å². The topological polar surface area (TPSA) is 72.7 Å². The lowest BCUT2D eigenvalue weighted by Crippen LogP contribution is -2.37. The van der Waals surface area contributed by atoms with Crippen LogP contribution in [0.3, 0.4) is 0 Å². The van der Waals surface area contributed by atoms with Gasteiger partial charge in [-0.1, -0.05) is 42.8 Å². The Morgan fingerprint density at radius 1 is 1.29 bits per heavy atom. The third-order valence-corrected chi connectivity index (χ3v) is 5.48. The summed E-state index contributed by atoms with van der Waals surface area (Å²) in [6.07, 6.45) is 4.58. The van der Waals surface area contributed by atoms with E-state index >= 15 is 0 Å². The number of para-hydroxylation sites is 1. The van der Waals surface area contributed by atoms with Crippen molar-refractivity contribution in [3.8, 4) is 5.69 Å². The number of carbonyl (C=O) groups is 1. The van der Waals surface area contributed by atoms with Crippen LogP contribution in [0.1, 0.15) is 43.7 Å². The van der Waals surface area contributed by atoms with Gasteiger partial charge >= 0.3 is 0 Å². The number of aromatic nitrogens is 4. The summed E-state index contributed by atoms with van der Waals surface area (Å²) in [4.78, 5) is 12.4. The number of nitrogens with zero attached hydrogens (tertiary/aromatic N) is 4. The van der Waals surface area contributed by atoms with Gasteiger partial charge in [-0.2, -0.15) is 4.68 Å². The van der Waals surface area contributed by atoms with E-state index in [-0.39, 0.29) is 11.2 Å². The van der Waals surface area contributed by atoms with Crippen LogP contribution in [0.25, 0.3) is 5.69 Å². The molecule has 1 fully saturated rings. The average molecular weight is 345 g/mol. The number of nitrogens with one attached hydrogen (secondary N) is 1. The second kappa shape index (κ2) is 7.34. The minimum atomic E-state index is -0.236. The number of tetrazole rings is 1.